The molecule has 342 valence electrons. The first-order valence-corrected chi connectivity index (χ1v) is 20.5. The van der Waals surface area contributed by atoms with E-state index in [2.05, 4.69) is 75.3 Å². The zero-order valence-corrected chi connectivity index (χ0v) is 38.2. The fourth-order valence-corrected chi connectivity index (χ4v) is 5.89. The zero-order chi connectivity index (χ0) is 46.4. The Bertz CT molecular complexity index is 2240. The molecule has 0 unspecified atom stereocenters. The number of carbonyl (C=O) groups is 3. The Morgan fingerprint density at radius 2 is 1.11 bits per heavy atom. The van der Waals surface area contributed by atoms with Gasteiger partial charge in [0.05, 0.1) is 47.3 Å². The van der Waals surface area contributed by atoms with Crippen LogP contribution in [0, 0.1) is 0 Å². The summed E-state index contributed by atoms with van der Waals surface area (Å²) in [6, 6.07) is 15.3. The van der Waals surface area contributed by atoms with Gasteiger partial charge < -0.3 is 34.7 Å². The predicted octanol–water partition coefficient (Wildman–Crippen LogP) is 10.4. The zero-order valence-electron chi connectivity index (χ0n) is 35.6. The fourth-order valence-electron chi connectivity index (χ4n) is 5.89. The van der Waals surface area contributed by atoms with Gasteiger partial charge in [0.15, 0.2) is 0 Å². The van der Waals surface area contributed by atoms with Crippen molar-refractivity contribution < 1.29 is 61.2 Å². The summed E-state index contributed by atoms with van der Waals surface area (Å²) in [5, 5.41) is 15.4. The topological polar surface area (TPSA) is 183 Å². The summed E-state index contributed by atoms with van der Waals surface area (Å²) in [5.74, 6) is 0. The van der Waals surface area contributed by atoms with E-state index >= 15 is 0 Å². The number of hydrogen-bond acceptors (Lipinski definition) is 13. The molecule has 0 aliphatic heterocycles. The Morgan fingerprint density at radius 3 is 1.55 bits per heavy atom. The van der Waals surface area contributed by atoms with E-state index in [9.17, 15) is 27.6 Å². The van der Waals surface area contributed by atoms with Crippen molar-refractivity contribution in [3.05, 3.63) is 120 Å². The normalized spacial score (nSPS) is 10.8. The quantitative estimate of drug-likeness (QED) is 0.0115. The van der Waals surface area contributed by atoms with Crippen LogP contribution in [0.1, 0.15) is 87.6 Å². The largest absolute Gasteiger partial charge is 2.00 e. The van der Waals surface area contributed by atoms with Crippen LogP contribution in [0.15, 0.2) is 92.0 Å². The summed E-state index contributed by atoms with van der Waals surface area (Å²) in [6.07, 6.45) is 18.3. The maximum absolute atomic E-state index is 12.8. The number of anilines is 1. The fraction of sp³-hybridized carbons (Fsp3) is 0.283. The molecule has 0 N–H and O–H groups in total. The maximum Gasteiger partial charge on any atom is 2.00 e. The molecule has 0 spiro atoms. The van der Waals surface area contributed by atoms with Crippen LogP contribution in [0.25, 0.3) is 57.8 Å². The standard InChI is InChI=1S/C24H17N3O6.C21H30F3N4.CNS.Ru/c28-15-31-8-3-18-1-6-25-21(11-18)23-13-20(5-10-33-17-30)14-24(27-23)22-12-19(2-7-26-22)4-9-32-16-29;1-3-5-7-9-13-28(14-10-8-6-4-2)17-11-12-25-18(15-17)19-16-20(27-26-19)21(22,23)24;2-1-3;/h1-17H;11-12,15-16H,3-10,13-14H2,1-2H3;;/q;2*-1;+2/b8-3+,9-4+,10-5+;;;. The third-order valence-electron chi connectivity index (χ3n) is 8.89. The molecule has 14 nitrogen and oxygen atoms in total. The Kier molecular flexibility index (Phi) is 26.3. The van der Waals surface area contributed by atoms with Gasteiger partial charge in [0, 0.05) is 37.4 Å². The second-order valence-electron chi connectivity index (χ2n) is 13.4. The number of isothiocyanates is 1. The average molecular weight is 998 g/mol. The van der Waals surface area contributed by atoms with Crippen molar-refractivity contribution in [2.75, 3.05) is 18.0 Å². The van der Waals surface area contributed by atoms with Gasteiger partial charge in [0.2, 0.25) is 0 Å². The van der Waals surface area contributed by atoms with E-state index in [0.717, 1.165) is 48.8 Å². The van der Waals surface area contributed by atoms with Crippen LogP contribution < -0.4 is 10.00 Å². The van der Waals surface area contributed by atoms with Crippen LogP contribution >= 0.6 is 12.2 Å². The van der Waals surface area contributed by atoms with Crippen molar-refractivity contribution >= 4 is 60.7 Å². The number of halogens is 3. The molecule has 0 saturated carbocycles. The van der Waals surface area contributed by atoms with E-state index in [1.54, 1.807) is 73.2 Å². The van der Waals surface area contributed by atoms with Gasteiger partial charge in [-0.05, 0) is 102 Å². The first-order valence-electron chi connectivity index (χ1n) is 20.1. The average Bonchev–Trinajstić information content (AvgIpc) is 3.82. The van der Waals surface area contributed by atoms with Gasteiger partial charge >= 0.3 is 25.7 Å². The molecule has 0 fully saturated rings. The van der Waals surface area contributed by atoms with Gasteiger partial charge in [-0.15, -0.1) is 0 Å². The van der Waals surface area contributed by atoms with E-state index in [1.807, 2.05) is 12.1 Å². The van der Waals surface area contributed by atoms with Crippen molar-refractivity contribution in [1.82, 2.24) is 30.1 Å². The number of aromatic nitrogens is 6. The number of ether oxygens (including phenoxy) is 3. The van der Waals surface area contributed by atoms with Crippen LogP contribution in [-0.4, -0.2) is 62.7 Å². The number of hydrogen-bond donors (Lipinski definition) is 0. The van der Waals surface area contributed by atoms with Crippen molar-refractivity contribution in [1.29, 1.82) is 0 Å². The second-order valence-corrected chi connectivity index (χ2v) is 13.6. The Balaban J connectivity index is 0.000000420. The molecule has 5 aromatic rings. The second kappa shape index (κ2) is 31.3. The molecule has 0 aliphatic carbocycles. The van der Waals surface area contributed by atoms with E-state index in [-0.39, 0.29) is 25.2 Å². The van der Waals surface area contributed by atoms with Gasteiger partial charge in [-0.25, -0.2) is 4.98 Å². The number of carbonyl (C=O) groups excluding carboxylic acids is 3. The van der Waals surface area contributed by atoms with Crippen molar-refractivity contribution in [3.63, 3.8) is 0 Å². The van der Waals surface area contributed by atoms with Crippen molar-refractivity contribution in [2.45, 2.75) is 71.4 Å². The molecule has 5 heterocycles. The molecule has 19 heteroatoms. The van der Waals surface area contributed by atoms with Crippen LogP contribution in [0.2, 0.25) is 0 Å². The number of nitrogens with zero attached hydrogens (tertiary/aromatic N) is 8. The molecule has 5 aromatic heterocycles. The van der Waals surface area contributed by atoms with Crippen LogP contribution in [0.3, 0.4) is 0 Å². The van der Waals surface area contributed by atoms with Crippen LogP contribution in [0.5, 0.6) is 0 Å². The molecule has 0 amide bonds. The molecule has 0 aliphatic rings. The summed E-state index contributed by atoms with van der Waals surface area (Å²) in [4.78, 5) is 51.1. The van der Waals surface area contributed by atoms with Gasteiger partial charge in [0.25, 0.3) is 19.4 Å². The SMILES string of the molecule is CCCCCCN(CCCCCC)c1ccnc(-c2cc(C(F)(F)F)n[n-]2)c1.O=CO/C=C/c1ccnc(-c2cc(/C=C/OC=O)cc(-c3cc(/C=C/OC=O)ccn3)n2)c1.[N-]=C=S.[Ru+2]. The minimum Gasteiger partial charge on any atom is -0.753 e. The Labute approximate surface area is 393 Å². The Morgan fingerprint density at radius 1 is 0.662 bits per heavy atom. The smallest absolute Gasteiger partial charge is 0.753 e. The number of rotatable bonds is 23. The molecular weight excluding hydrogens is 951 g/mol. The van der Waals surface area contributed by atoms with Crippen molar-refractivity contribution in [3.8, 4) is 34.2 Å². The maximum atomic E-state index is 12.8. The molecule has 0 saturated heterocycles. The molecule has 5 rings (SSSR count). The Hall–Kier alpha value is -6.55. The third kappa shape index (κ3) is 20.2. The van der Waals surface area contributed by atoms with Crippen molar-refractivity contribution in [2.24, 2.45) is 0 Å². The minimum absolute atomic E-state index is 0. The summed E-state index contributed by atoms with van der Waals surface area (Å²) in [7, 11) is 0. The molecular formula is C46H47F3N8O6RuS. The van der Waals surface area contributed by atoms with Crippen LogP contribution in [-0.2, 0) is 54.2 Å². The summed E-state index contributed by atoms with van der Waals surface area (Å²) in [6.45, 7) is 7.22. The summed E-state index contributed by atoms with van der Waals surface area (Å²) in [5.41, 5.74) is 4.97. The van der Waals surface area contributed by atoms with Crippen LogP contribution in [0.4, 0.5) is 18.9 Å². The number of thiocarbonyl (C=S) groups is 1. The first-order chi connectivity index (χ1) is 31.1. The van der Waals surface area contributed by atoms with E-state index in [1.165, 1.54) is 62.5 Å². The molecule has 0 atom stereocenters. The summed E-state index contributed by atoms with van der Waals surface area (Å²) < 4.78 is 52.2. The van der Waals surface area contributed by atoms with E-state index in [4.69, 9.17) is 5.41 Å². The monoisotopic (exact) mass is 998 g/mol. The number of alkyl halides is 3. The van der Waals surface area contributed by atoms with Gasteiger partial charge in [-0.2, -0.15) is 18.3 Å². The molecule has 65 heavy (non-hydrogen) atoms. The number of unbranched alkanes of at least 4 members (excludes halogenated alkanes) is 6. The molecule has 0 aromatic carbocycles. The minimum atomic E-state index is -4.49. The molecule has 0 radical (unpaired) electrons. The third-order valence-corrected chi connectivity index (χ3v) is 8.89. The van der Waals surface area contributed by atoms with Gasteiger partial charge in [-0.1, -0.05) is 70.3 Å². The van der Waals surface area contributed by atoms with Gasteiger partial charge in [-0.3, -0.25) is 29.3 Å². The van der Waals surface area contributed by atoms with Gasteiger partial charge in [0.1, 0.15) is 5.69 Å². The van der Waals surface area contributed by atoms with E-state index in [0.29, 0.717) is 53.4 Å². The number of pyridine rings is 4. The summed E-state index contributed by atoms with van der Waals surface area (Å²) >= 11 is 3.70. The predicted molar refractivity (Wildman–Crippen MR) is 241 cm³/mol. The van der Waals surface area contributed by atoms with E-state index < -0.39 is 11.9 Å². The molecule has 0 bridgehead atoms. The first kappa shape index (κ1) is 54.6.